The number of fused-ring (bicyclic) bond motifs is 1. The lowest BCUT2D eigenvalue weighted by atomic mass is 10.1. The molecule has 190 valence electrons. The van der Waals surface area contributed by atoms with Crippen LogP contribution in [-0.4, -0.2) is 34.6 Å². The Morgan fingerprint density at radius 2 is 1.97 bits per heavy atom. The molecule has 9 nitrogen and oxygen atoms in total. The normalized spacial score (nSPS) is 16.3. The predicted octanol–water partition coefficient (Wildman–Crippen LogP) is 4.70. The Bertz CT molecular complexity index is 1610. The van der Waals surface area contributed by atoms with E-state index in [2.05, 4.69) is 9.82 Å². The largest absolute Gasteiger partial charge is 0.356 e. The van der Waals surface area contributed by atoms with E-state index in [0.29, 0.717) is 23.8 Å². The third kappa shape index (κ3) is 5.37. The molecular weight excluding hydrogens is 502 g/mol. The summed E-state index contributed by atoms with van der Waals surface area (Å²) in [4.78, 5) is -0.522. The number of anilines is 1. The number of hydrogen-bond donors (Lipinski definition) is 1. The quantitative estimate of drug-likeness (QED) is 0.375. The molecule has 0 saturated carbocycles. The van der Waals surface area contributed by atoms with Gasteiger partial charge in [-0.05, 0) is 61.7 Å². The Morgan fingerprint density at radius 3 is 2.70 bits per heavy atom. The van der Waals surface area contributed by atoms with Crippen LogP contribution < -0.4 is 4.72 Å². The monoisotopic (exact) mass is 524 g/mol. The van der Waals surface area contributed by atoms with E-state index in [9.17, 15) is 17.2 Å². The van der Waals surface area contributed by atoms with Crippen molar-refractivity contribution in [1.29, 1.82) is 5.26 Å². The highest BCUT2D eigenvalue weighted by atomic mass is 32.2. The van der Waals surface area contributed by atoms with E-state index in [1.54, 1.807) is 47.4 Å². The zero-order chi connectivity index (χ0) is 26.0. The lowest BCUT2D eigenvalue weighted by Crippen LogP contribution is -2.19. The van der Waals surface area contributed by atoms with Crippen molar-refractivity contribution in [3.05, 3.63) is 71.7 Å². The smallest absolute Gasteiger partial charge is 0.262 e. The van der Waals surface area contributed by atoms with Crippen molar-refractivity contribution in [3.63, 3.8) is 0 Å². The van der Waals surface area contributed by atoms with Crippen LogP contribution in [0.1, 0.15) is 36.7 Å². The highest BCUT2D eigenvalue weighted by molar-refractivity contribution is 7.92. The molecule has 1 unspecified atom stereocenters. The molecule has 0 bridgehead atoms. The number of sulfonamides is 1. The molecule has 3 heterocycles. The van der Waals surface area contributed by atoms with Gasteiger partial charge in [-0.25, -0.2) is 21.9 Å². The van der Waals surface area contributed by atoms with Gasteiger partial charge in [0.25, 0.3) is 10.0 Å². The molecule has 4 aromatic rings. The number of nitrogens with one attached hydrogen (secondary N) is 1. The molecule has 1 aliphatic rings. The Hall–Kier alpha value is -4.08. The summed E-state index contributed by atoms with van der Waals surface area (Å²) >= 11 is 0. The van der Waals surface area contributed by atoms with Gasteiger partial charge in [-0.15, -0.1) is 0 Å². The number of ether oxygens (including phenoxy) is 1. The van der Waals surface area contributed by atoms with Gasteiger partial charge in [-0.2, -0.15) is 15.5 Å². The van der Waals surface area contributed by atoms with Crippen LogP contribution in [-0.2, 0) is 21.3 Å². The summed E-state index contributed by atoms with van der Waals surface area (Å²) in [6.45, 7) is 0.750. The summed E-state index contributed by atoms with van der Waals surface area (Å²) in [6, 6.07) is 9.05. The van der Waals surface area contributed by atoms with Crippen LogP contribution >= 0.6 is 0 Å². The number of benzene rings is 2. The number of rotatable bonds is 7. The maximum absolute atomic E-state index is 13.6. The maximum Gasteiger partial charge on any atom is 0.262 e. The fraction of sp³-hybridized carbons (Fsp3) is 0.240. The molecule has 1 aliphatic heterocycles. The Labute approximate surface area is 211 Å². The second kappa shape index (κ2) is 10.1. The summed E-state index contributed by atoms with van der Waals surface area (Å²) in [6.07, 6.45) is 9.42. The summed E-state index contributed by atoms with van der Waals surface area (Å²) < 4.78 is 64.5. The van der Waals surface area contributed by atoms with Crippen molar-refractivity contribution in [2.75, 3.05) is 11.3 Å². The van der Waals surface area contributed by atoms with E-state index < -0.39 is 26.6 Å². The molecule has 0 aliphatic carbocycles. The molecule has 5 rings (SSSR count). The fourth-order valence-electron chi connectivity index (χ4n) is 4.18. The highest BCUT2D eigenvalue weighted by Gasteiger charge is 2.22. The van der Waals surface area contributed by atoms with Gasteiger partial charge in [0.1, 0.15) is 18.2 Å². The third-order valence-corrected chi connectivity index (χ3v) is 7.24. The predicted molar refractivity (Wildman–Crippen MR) is 133 cm³/mol. The SMILES string of the molecule is N#CCn1cc(C=Cc2nn(C3CCCCO3)c3ccc(NS(=O)(=O)c4cc(F)cc(F)c4)cc23)cn1. The van der Waals surface area contributed by atoms with Crippen molar-refractivity contribution in [2.45, 2.75) is 36.9 Å². The van der Waals surface area contributed by atoms with E-state index in [1.165, 1.54) is 4.68 Å². The highest BCUT2D eigenvalue weighted by Crippen LogP contribution is 2.31. The minimum Gasteiger partial charge on any atom is -0.356 e. The van der Waals surface area contributed by atoms with E-state index in [4.69, 9.17) is 15.1 Å². The number of nitrogens with zero attached hydrogens (tertiary/aromatic N) is 5. The molecule has 1 saturated heterocycles. The number of halogens is 2. The molecule has 0 radical (unpaired) electrons. The van der Waals surface area contributed by atoms with Gasteiger partial charge in [-0.1, -0.05) is 0 Å². The van der Waals surface area contributed by atoms with Crippen LogP contribution in [0, 0.1) is 23.0 Å². The summed E-state index contributed by atoms with van der Waals surface area (Å²) in [5.74, 6) is -1.98. The van der Waals surface area contributed by atoms with Crippen LogP contribution in [0.4, 0.5) is 14.5 Å². The standard InChI is InChI=1S/C25H22F2N6O3S/c26-18-11-19(27)13-21(12-18)37(34,35)31-20-5-7-24-22(14-20)23(30-33(24)25-3-1-2-10-36-25)6-4-17-15-29-32(16-17)9-8-28/h4-7,11-16,25,31H,1-3,9-10H2. The lowest BCUT2D eigenvalue weighted by Gasteiger charge is -2.23. The fourth-order valence-corrected chi connectivity index (χ4v) is 5.28. The molecule has 12 heteroatoms. The van der Waals surface area contributed by atoms with Gasteiger partial charge in [0.15, 0.2) is 6.23 Å². The zero-order valence-corrected chi connectivity index (χ0v) is 20.3. The molecule has 1 N–H and O–H groups in total. The number of hydrogen-bond acceptors (Lipinski definition) is 6. The van der Waals surface area contributed by atoms with Gasteiger partial charge in [0, 0.05) is 35.5 Å². The molecule has 0 spiro atoms. The summed E-state index contributed by atoms with van der Waals surface area (Å²) in [5, 5.41) is 18.4. The Morgan fingerprint density at radius 1 is 1.16 bits per heavy atom. The zero-order valence-electron chi connectivity index (χ0n) is 19.5. The van der Waals surface area contributed by atoms with Crippen LogP contribution in [0.5, 0.6) is 0 Å². The maximum atomic E-state index is 13.6. The Kier molecular flexibility index (Phi) is 6.73. The lowest BCUT2D eigenvalue weighted by molar-refractivity contribution is -0.0367. The van der Waals surface area contributed by atoms with Crippen molar-refractivity contribution in [2.24, 2.45) is 0 Å². The summed E-state index contributed by atoms with van der Waals surface area (Å²) in [5.41, 5.74) is 2.27. The van der Waals surface area contributed by atoms with Crippen molar-refractivity contribution in [1.82, 2.24) is 19.6 Å². The molecular formula is C25H22F2N6O3S. The molecule has 2 aromatic carbocycles. The Balaban J connectivity index is 1.52. The van der Waals surface area contributed by atoms with E-state index in [-0.39, 0.29) is 18.5 Å². The molecule has 2 aromatic heterocycles. The van der Waals surface area contributed by atoms with Gasteiger partial charge in [-0.3, -0.25) is 9.40 Å². The van der Waals surface area contributed by atoms with Crippen LogP contribution in [0.2, 0.25) is 0 Å². The second-order valence-electron chi connectivity index (χ2n) is 8.56. The average Bonchev–Trinajstić information content (AvgIpc) is 3.47. The number of nitriles is 1. The summed E-state index contributed by atoms with van der Waals surface area (Å²) in [7, 11) is -4.25. The number of aromatic nitrogens is 4. The first-order valence-corrected chi connectivity index (χ1v) is 13.0. The van der Waals surface area contributed by atoms with Crippen LogP contribution in [0.3, 0.4) is 0 Å². The second-order valence-corrected chi connectivity index (χ2v) is 10.2. The molecule has 0 amide bonds. The topological polar surface area (TPSA) is 115 Å². The minimum atomic E-state index is -4.25. The first-order chi connectivity index (χ1) is 17.8. The van der Waals surface area contributed by atoms with Crippen LogP contribution in [0.25, 0.3) is 23.1 Å². The first kappa shape index (κ1) is 24.6. The molecule has 1 atom stereocenters. The van der Waals surface area contributed by atoms with E-state index in [1.807, 2.05) is 6.07 Å². The van der Waals surface area contributed by atoms with Gasteiger partial charge >= 0.3 is 0 Å². The van der Waals surface area contributed by atoms with Gasteiger partial charge < -0.3 is 4.74 Å². The van der Waals surface area contributed by atoms with Crippen molar-refractivity contribution < 1.29 is 21.9 Å². The average molecular weight is 525 g/mol. The van der Waals surface area contributed by atoms with E-state index in [0.717, 1.165) is 42.5 Å². The molecule has 37 heavy (non-hydrogen) atoms. The van der Waals surface area contributed by atoms with Gasteiger partial charge in [0.05, 0.1) is 28.4 Å². The van der Waals surface area contributed by atoms with Crippen molar-refractivity contribution >= 4 is 38.8 Å². The van der Waals surface area contributed by atoms with Gasteiger partial charge in [0.2, 0.25) is 0 Å². The van der Waals surface area contributed by atoms with Crippen molar-refractivity contribution in [3.8, 4) is 6.07 Å². The van der Waals surface area contributed by atoms with Crippen LogP contribution in [0.15, 0.2) is 53.7 Å². The molecule has 1 fully saturated rings. The van der Waals surface area contributed by atoms with E-state index >= 15 is 0 Å². The first-order valence-electron chi connectivity index (χ1n) is 11.5. The minimum absolute atomic E-state index is 0.128. The third-order valence-electron chi connectivity index (χ3n) is 5.88.